The number of nitrogens with zero attached hydrogens (tertiary/aromatic N) is 4. The van der Waals surface area contributed by atoms with Crippen LogP contribution in [0.4, 0.5) is 0 Å². The Balaban J connectivity index is 1.62. The molecule has 0 bridgehead atoms. The Morgan fingerprint density at radius 2 is 2.15 bits per heavy atom. The number of benzene rings is 1. The molecule has 0 aliphatic carbocycles. The number of aromatic nitrogens is 3. The second-order valence-corrected chi connectivity index (χ2v) is 6.34. The fourth-order valence-corrected chi connectivity index (χ4v) is 2.84. The first-order chi connectivity index (χ1) is 12.7. The number of amides is 1. The highest BCUT2D eigenvalue weighted by molar-refractivity contribution is 7.99. The Bertz CT molecular complexity index is 953. The van der Waals surface area contributed by atoms with Gasteiger partial charge in [-0.2, -0.15) is 5.10 Å². The average Bonchev–Trinajstić information content (AvgIpc) is 2.67. The smallest absolute Gasteiger partial charge is 0.250 e. The molecule has 0 aliphatic rings. The van der Waals surface area contributed by atoms with Crippen molar-refractivity contribution in [2.24, 2.45) is 5.10 Å². The number of hydrogen-bond acceptors (Lipinski definition) is 7. The lowest BCUT2D eigenvalue weighted by molar-refractivity contribution is -0.118. The first-order valence-corrected chi connectivity index (χ1v) is 8.88. The van der Waals surface area contributed by atoms with Gasteiger partial charge in [-0.3, -0.25) is 4.79 Å². The van der Waals surface area contributed by atoms with E-state index >= 15 is 0 Å². The number of pyridine rings is 1. The molecule has 7 nitrogen and oxygen atoms in total. The van der Waals surface area contributed by atoms with Crippen LogP contribution in [-0.4, -0.2) is 39.9 Å². The molecule has 1 amide bonds. The molecule has 0 atom stereocenters. The molecule has 0 spiro atoms. The second-order valence-electron chi connectivity index (χ2n) is 5.04. The molecule has 0 radical (unpaired) electrons. The predicted molar refractivity (Wildman–Crippen MR) is 102 cm³/mol. The van der Waals surface area contributed by atoms with E-state index in [0.717, 1.165) is 10.9 Å². The van der Waals surface area contributed by atoms with Gasteiger partial charge >= 0.3 is 0 Å². The molecule has 2 heterocycles. The molecule has 132 valence electrons. The second kappa shape index (κ2) is 8.59. The SMILES string of the molecule is COc1ccc2cc(/C=N\NC(=O)CSc3ncccn3)c(Cl)nc2c1. The van der Waals surface area contributed by atoms with Gasteiger partial charge in [0.25, 0.3) is 5.91 Å². The molecule has 3 rings (SSSR count). The van der Waals surface area contributed by atoms with E-state index in [9.17, 15) is 4.79 Å². The van der Waals surface area contributed by atoms with Gasteiger partial charge in [0.05, 0.1) is 24.6 Å². The van der Waals surface area contributed by atoms with Crippen LogP contribution in [0.1, 0.15) is 5.56 Å². The van der Waals surface area contributed by atoms with Gasteiger partial charge < -0.3 is 4.74 Å². The number of halogens is 1. The van der Waals surface area contributed by atoms with E-state index in [1.807, 2.05) is 18.2 Å². The summed E-state index contributed by atoms with van der Waals surface area (Å²) in [6, 6.07) is 9.07. The number of carbonyl (C=O) groups excluding carboxylic acids is 1. The van der Waals surface area contributed by atoms with Gasteiger partial charge in [0.1, 0.15) is 10.9 Å². The molecule has 0 fully saturated rings. The normalized spacial score (nSPS) is 11.0. The minimum atomic E-state index is -0.270. The Hall–Kier alpha value is -2.71. The summed E-state index contributed by atoms with van der Waals surface area (Å²) < 4.78 is 5.17. The number of thioether (sulfide) groups is 1. The number of fused-ring (bicyclic) bond motifs is 1. The topological polar surface area (TPSA) is 89.4 Å². The van der Waals surface area contributed by atoms with E-state index in [0.29, 0.717) is 16.5 Å². The zero-order chi connectivity index (χ0) is 18.4. The molecule has 9 heteroatoms. The summed E-state index contributed by atoms with van der Waals surface area (Å²) in [5.41, 5.74) is 3.76. The number of hydrogen-bond donors (Lipinski definition) is 1. The molecule has 26 heavy (non-hydrogen) atoms. The Kier molecular flexibility index (Phi) is 5.98. The largest absolute Gasteiger partial charge is 0.497 e. The van der Waals surface area contributed by atoms with Gasteiger partial charge in [-0.1, -0.05) is 23.4 Å². The molecule has 2 aromatic heterocycles. The zero-order valence-electron chi connectivity index (χ0n) is 13.7. The Morgan fingerprint density at radius 1 is 1.35 bits per heavy atom. The van der Waals surface area contributed by atoms with Crippen LogP contribution < -0.4 is 10.2 Å². The van der Waals surface area contributed by atoms with Gasteiger partial charge in [0, 0.05) is 29.4 Å². The van der Waals surface area contributed by atoms with Crippen molar-refractivity contribution in [2.45, 2.75) is 5.16 Å². The molecule has 3 aromatic rings. The number of nitrogens with one attached hydrogen (secondary N) is 1. The molecular weight excluding hydrogens is 374 g/mol. The van der Waals surface area contributed by atoms with Gasteiger partial charge in [0.2, 0.25) is 0 Å². The minimum absolute atomic E-state index is 0.158. The van der Waals surface area contributed by atoms with Crippen LogP contribution >= 0.6 is 23.4 Å². The third kappa shape index (κ3) is 4.68. The first-order valence-electron chi connectivity index (χ1n) is 7.52. The number of ether oxygens (including phenoxy) is 1. The summed E-state index contributed by atoms with van der Waals surface area (Å²) in [6.07, 6.45) is 4.70. The lowest BCUT2D eigenvalue weighted by Gasteiger charge is -2.04. The molecule has 1 N–H and O–H groups in total. The van der Waals surface area contributed by atoms with Crippen LogP contribution in [0, 0.1) is 0 Å². The maximum absolute atomic E-state index is 11.8. The lowest BCUT2D eigenvalue weighted by Crippen LogP contribution is -2.19. The van der Waals surface area contributed by atoms with Crippen LogP contribution in [-0.2, 0) is 4.79 Å². The maximum atomic E-state index is 11.8. The highest BCUT2D eigenvalue weighted by atomic mass is 35.5. The van der Waals surface area contributed by atoms with Crippen molar-refractivity contribution in [3.05, 3.63) is 53.4 Å². The van der Waals surface area contributed by atoms with E-state index in [1.54, 1.807) is 31.6 Å². The number of carbonyl (C=O) groups is 1. The summed E-state index contributed by atoms with van der Waals surface area (Å²) in [5, 5.41) is 5.64. The van der Waals surface area contributed by atoms with Crippen LogP contribution in [0.5, 0.6) is 5.75 Å². The summed E-state index contributed by atoms with van der Waals surface area (Å²) in [6.45, 7) is 0. The van der Waals surface area contributed by atoms with E-state index in [2.05, 4.69) is 25.5 Å². The lowest BCUT2D eigenvalue weighted by atomic mass is 10.1. The van der Waals surface area contributed by atoms with Crippen LogP contribution in [0.3, 0.4) is 0 Å². The number of methoxy groups -OCH3 is 1. The molecule has 1 aromatic carbocycles. The molecule has 0 aliphatic heterocycles. The minimum Gasteiger partial charge on any atom is -0.497 e. The van der Waals surface area contributed by atoms with Crippen molar-refractivity contribution in [3.8, 4) is 5.75 Å². The number of hydrazone groups is 1. The highest BCUT2D eigenvalue weighted by Gasteiger charge is 2.06. The van der Waals surface area contributed by atoms with E-state index in [4.69, 9.17) is 16.3 Å². The van der Waals surface area contributed by atoms with Crippen LogP contribution in [0.25, 0.3) is 10.9 Å². The van der Waals surface area contributed by atoms with Crippen LogP contribution in [0.15, 0.2) is 53.0 Å². The van der Waals surface area contributed by atoms with Gasteiger partial charge in [-0.25, -0.2) is 20.4 Å². The van der Waals surface area contributed by atoms with Crippen molar-refractivity contribution in [1.82, 2.24) is 20.4 Å². The van der Waals surface area contributed by atoms with E-state index in [1.165, 1.54) is 18.0 Å². The fraction of sp³-hybridized carbons (Fsp3) is 0.118. The van der Waals surface area contributed by atoms with Crippen molar-refractivity contribution in [2.75, 3.05) is 12.9 Å². The summed E-state index contributed by atoms with van der Waals surface area (Å²) >= 11 is 7.40. The van der Waals surface area contributed by atoms with Crippen molar-refractivity contribution < 1.29 is 9.53 Å². The third-order valence-corrected chi connectivity index (χ3v) is 4.45. The van der Waals surface area contributed by atoms with Crippen molar-refractivity contribution in [3.63, 3.8) is 0 Å². The predicted octanol–water partition coefficient (Wildman–Crippen LogP) is 2.93. The Labute approximate surface area is 158 Å². The molecule has 0 unspecified atom stereocenters. The summed E-state index contributed by atoms with van der Waals surface area (Å²) in [4.78, 5) is 24.2. The summed E-state index contributed by atoms with van der Waals surface area (Å²) in [7, 11) is 1.59. The van der Waals surface area contributed by atoms with Crippen molar-refractivity contribution in [1.29, 1.82) is 0 Å². The third-order valence-electron chi connectivity index (χ3n) is 3.27. The first kappa shape index (κ1) is 18.1. The Morgan fingerprint density at radius 3 is 2.92 bits per heavy atom. The number of rotatable bonds is 6. The van der Waals surface area contributed by atoms with E-state index in [-0.39, 0.29) is 16.8 Å². The quantitative estimate of drug-likeness (QED) is 0.230. The average molecular weight is 388 g/mol. The zero-order valence-corrected chi connectivity index (χ0v) is 15.3. The molecule has 0 saturated carbocycles. The summed E-state index contributed by atoms with van der Waals surface area (Å²) in [5.74, 6) is 0.591. The van der Waals surface area contributed by atoms with Crippen LogP contribution in [0.2, 0.25) is 5.15 Å². The molecular formula is C17H14ClN5O2S. The van der Waals surface area contributed by atoms with Crippen molar-refractivity contribution >= 4 is 46.4 Å². The van der Waals surface area contributed by atoms with Gasteiger partial charge in [-0.05, 0) is 24.3 Å². The standard InChI is InChI=1S/C17H14ClN5O2S/c1-25-13-4-3-11-7-12(16(18)22-14(11)8-13)9-21-23-15(24)10-26-17-19-5-2-6-20-17/h2-9H,10H2,1H3,(H,23,24)/b21-9-. The maximum Gasteiger partial charge on any atom is 0.250 e. The molecule has 0 saturated heterocycles. The van der Waals surface area contributed by atoms with E-state index < -0.39 is 0 Å². The van der Waals surface area contributed by atoms with Gasteiger partial charge in [0.15, 0.2) is 5.16 Å². The fourth-order valence-electron chi connectivity index (χ4n) is 2.05. The monoisotopic (exact) mass is 387 g/mol. The highest BCUT2D eigenvalue weighted by Crippen LogP contribution is 2.23. The van der Waals surface area contributed by atoms with Gasteiger partial charge in [-0.15, -0.1) is 0 Å².